The molecule has 0 aliphatic carbocycles. The first-order valence-corrected chi connectivity index (χ1v) is 10.9. The van der Waals surface area contributed by atoms with Crippen molar-refractivity contribution in [2.45, 2.75) is 52.0 Å². The molecule has 0 radical (unpaired) electrons. The summed E-state index contributed by atoms with van der Waals surface area (Å²) in [5, 5.41) is 0. The molecule has 0 fully saturated rings. The van der Waals surface area contributed by atoms with Gasteiger partial charge in [-0.2, -0.15) is 13.2 Å². The van der Waals surface area contributed by atoms with E-state index >= 15 is 0 Å². The third-order valence-electron chi connectivity index (χ3n) is 6.12. The maximum absolute atomic E-state index is 13.5. The third kappa shape index (κ3) is 4.08. The third-order valence-corrected chi connectivity index (χ3v) is 6.12. The molecule has 10 heteroatoms. The predicted octanol–water partition coefficient (Wildman–Crippen LogP) is 4.37. The topological polar surface area (TPSA) is 69.4 Å². The number of ether oxygens (including phenoxy) is 1. The van der Waals surface area contributed by atoms with Gasteiger partial charge in [-0.05, 0) is 56.2 Å². The van der Waals surface area contributed by atoms with Gasteiger partial charge in [0.1, 0.15) is 17.1 Å². The average molecular weight is 474 g/mol. The number of nitrogens with zero attached hydrogens (tertiary/aromatic N) is 4. The molecule has 0 spiro atoms. The van der Waals surface area contributed by atoms with Crippen LogP contribution in [-0.2, 0) is 12.7 Å². The summed E-state index contributed by atoms with van der Waals surface area (Å²) in [6, 6.07) is 5.61. The SMILES string of the molecule is CCC(c1cc(OC)cc(C(F)(F)F)c1)N1C(=O)c2ccc(-n3cnc(C)c3)c(=O)n2CC1C. The number of fused-ring (bicyclic) bond motifs is 1. The highest BCUT2D eigenvalue weighted by Gasteiger charge is 2.38. The van der Waals surface area contributed by atoms with Crippen molar-refractivity contribution < 1.29 is 22.7 Å². The Morgan fingerprint density at radius 3 is 2.53 bits per heavy atom. The van der Waals surface area contributed by atoms with Gasteiger partial charge in [-0.15, -0.1) is 0 Å². The van der Waals surface area contributed by atoms with Crippen molar-refractivity contribution in [1.29, 1.82) is 0 Å². The normalized spacial score (nSPS) is 17.0. The Bertz CT molecular complexity index is 1300. The standard InChI is InChI=1S/C24H25F3N4O3/c1-5-19(16-8-17(24(25,26)27)10-18(9-16)34-4)31-15(3)12-30-21(23(31)33)7-6-20(22(30)32)29-11-14(2)28-13-29/h6-11,13,15,19H,5,12H2,1-4H3. The molecule has 1 aliphatic heterocycles. The smallest absolute Gasteiger partial charge is 0.416 e. The highest BCUT2D eigenvalue weighted by molar-refractivity contribution is 5.94. The first-order valence-electron chi connectivity index (χ1n) is 10.9. The molecule has 7 nitrogen and oxygen atoms in total. The number of hydrogen-bond acceptors (Lipinski definition) is 4. The highest BCUT2D eigenvalue weighted by Crippen LogP contribution is 2.38. The number of benzene rings is 1. The summed E-state index contributed by atoms with van der Waals surface area (Å²) in [5.74, 6) is -0.343. The summed E-state index contributed by atoms with van der Waals surface area (Å²) in [5.41, 5.74) is 0.474. The Morgan fingerprint density at radius 2 is 1.94 bits per heavy atom. The fourth-order valence-corrected chi connectivity index (χ4v) is 4.51. The lowest BCUT2D eigenvalue weighted by Gasteiger charge is -2.41. The van der Waals surface area contributed by atoms with Crippen LogP contribution in [0.2, 0.25) is 0 Å². The molecular formula is C24H25F3N4O3. The molecule has 2 unspecified atom stereocenters. The van der Waals surface area contributed by atoms with Crippen LogP contribution in [0.15, 0.2) is 47.7 Å². The van der Waals surface area contributed by atoms with Crippen LogP contribution in [0.3, 0.4) is 0 Å². The molecule has 0 saturated heterocycles. The summed E-state index contributed by atoms with van der Waals surface area (Å²) in [6.07, 6.45) is -0.913. The molecular weight excluding hydrogens is 449 g/mol. The minimum Gasteiger partial charge on any atom is -0.497 e. The lowest BCUT2D eigenvalue weighted by atomic mass is 9.96. The molecule has 4 rings (SSSR count). The first-order chi connectivity index (χ1) is 16.0. The van der Waals surface area contributed by atoms with Crippen LogP contribution in [0.5, 0.6) is 5.75 Å². The molecule has 1 amide bonds. The van der Waals surface area contributed by atoms with E-state index in [1.807, 2.05) is 13.8 Å². The number of alkyl halides is 3. The molecule has 3 aromatic rings. The molecule has 34 heavy (non-hydrogen) atoms. The number of pyridine rings is 1. The number of carbonyl (C=O) groups is 1. The second kappa shape index (κ2) is 8.66. The zero-order chi connectivity index (χ0) is 24.8. The van der Waals surface area contributed by atoms with E-state index in [-0.39, 0.29) is 23.5 Å². The summed E-state index contributed by atoms with van der Waals surface area (Å²) < 4.78 is 48.6. The number of imidazole rings is 1. The number of carbonyl (C=O) groups excluding carboxylic acids is 1. The Morgan fingerprint density at radius 1 is 1.21 bits per heavy atom. The van der Waals surface area contributed by atoms with E-state index < -0.39 is 29.7 Å². The minimum atomic E-state index is -4.55. The fraction of sp³-hybridized carbons (Fsp3) is 0.375. The van der Waals surface area contributed by atoms with Gasteiger partial charge in [0.25, 0.3) is 11.5 Å². The van der Waals surface area contributed by atoms with Crippen LogP contribution >= 0.6 is 0 Å². The van der Waals surface area contributed by atoms with Crippen LogP contribution in [0.4, 0.5) is 13.2 Å². The van der Waals surface area contributed by atoms with Crippen LogP contribution in [0.1, 0.15) is 53.6 Å². The molecule has 0 saturated carbocycles. The van der Waals surface area contributed by atoms with Gasteiger partial charge in [-0.3, -0.25) is 9.59 Å². The maximum Gasteiger partial charge on any atom is 0.416 e. The van der Waals surface area contributed by atoms with E-state index in [1.165, 1.54) is 24.1 Å². The Kier molecular flexibility index (Phi) is 6.01. The van der Waals surface area contributed by atoms with Crippen LogP contribution < -0.4 is 10.3 Å². The first kappa shape index (κ1) is 23.6. The van der Waals surface area contributed by atoms with E-state index in [0.29, 0.717) is 17.7 Å². The molecule has 1 aromatic carbocycles. The van der Waals surface area contributed by atoms with Crippen LogP contribution in [0.25, 0.3) is 5.69 Å². The van der Waals surface area contributed by atoms with Crippen molar-refractivity contribution >= 4 is 5.91 Å². The van der Waals surface area contributed by atoms with Crippen molar-refractivity contribution in [1.82, 2.24) is 19.0 Å². The van der Waals surface area contributed by atoms with Crippen LogP contribution in [-0.4, -0.2) is 38.1 Å². The molecule has 1 aliphatic rings. The number of rotatable bonds is 5. The minimum absolute atomic E-state index is 0.0669. The number of methoxy groups -OCH3 is 1. The summed E-state index contributed by atoms with van der Waals surface area (Å²) in [7, 11) is 1.30. The van der Waals surface area contributed by atoms with Gasteiger partial charge in [-0.1, -0.05) is 6.92 Å². The number of amides is 1. The van der Waals surface area contributed by atoms with Crippen molar-refractivity contribution in [2.75, 3.05) is 7.11 Å². The van der Waals surface area contributed by atoms with Gasteiger partial charge in [-0.25, -0.2) is 4.98 Å². The fourth-order valence-electron chi connectivity index (χ4n) is 4.51. The number of hydrogen-bond donors (Lipinski definition) is 0. The lowest BCUT2D eigenvalue weighted by Crippen LogP contribution is -2.51. The molecule has 0 N–H and O–H groups in total. The van der Waals surface area contributed by atoms with Crippen LogP contribution in [0, 0.1) is 6.92 Å². The summed E-state index contributed by atoms with van der Waals surface area (Å²) in [6.45, 7) is 5.62. The Labute approximate surface area is 194 Å². The molecule has 3 heterocycles. The van der Waals surface area contributed by atoms with Gasteiger partial charge in [0.15, 0.2) is 0 Å². The summed E-state index contributed by atoms with van der Waals surface area (Å²) in [4.78, 5) is 32.4. The number of aromatic nitrogens is 3. The molecule has 2 atom stereocenters. The van der Waals surface area contributed by atoms with E-state index in [1.54, 1.807) is 34.7 Å². The van der Waals surface area contributed by atoms with Gasteiger partial charge in [0.05, 0.1) is 30.7 Å². The monoisotopic (exact) mass is 474 g/mol. The lowest BCUT2D eigenvalue weighted by molar-refractivity contribution is -0.137. The van der Waals surface area contributed by atoms with E-state index in [2.05, 4.69) is 4.98 Å². The zero-order valence-corrected chi connectivity index (χ0v) is 19.3. The van der Waals surface area contributed by atoms with Gasteiger partial charge < -0.3 is 18.8 Å². The predicted molar refractivity (Wildman–Crippen MR) is 119 cm³/mol. The van der Waals surface area contributed by atoms with E-state index in [9.17, 15) is 22.8 Å². The van der Waals surface area contributed by atoms with Crippen molar-refractivity contribution in [3.63, 3.8) is 0 Å². The Balaban J connectivity index is 1.77. The second-order valence-corrected chi connectivity index (χ2v) is 8.42. The quantitative estimate of drug-likeness (QED) is 0.551. The molecule has 0 bridgehead atoms. The Hall–Kier alpha value is -3.56. The molecule has 180 valence electrons. The second-order valence-electron chi connectivity index (χ2n) is 8.42. The van der Waals surface area contributed by atoms with E-state index in [4.69, 9.17) is 4.74 Å². The molecule has 2 aromatic heterocycles. The van der Waals surface area contributed by atoms with Gasteiger partial charge >= 0.3 is 6.18 Å². The van der Waals surface area contributed by atoms with Crippen molar-refractivity contribution in [3.8, 4) is 11.4 Å². The largest absolute Gasteiger partial charge is 0.497 e. The summed E-state index contributed by atoms with van der Waals surface area (Å²) >= 11 is 0. The zero-order valence-electron chi connectivity index (χ0n) is 19.3. The maximum atomic E-state index is 13.5. The average Bonchev–Trinajstić information content (AvgIpc) is 3.22. The highest BCUT2D eigenvalue weighted by atomic mass is 19.4. The van der Waals surface area contributed by atoms with Gasteiger partial charge in [0.2, 0.25) is 0 Å². The number of aryl methyl sites for hydroxylation is 1. The van der Waals surface area contributed by atoms with Gasteiger partial charge in [0, 0.05) is 18.8 Å². The number of halogens is 3. The van der Waals surface area contributed by atoms with Crippen molar-refractivity contribution in [3.05, 3.63) is 75.7 Å². The van der Waals surface area contributed by atoms with E-state index in [0.717, 1.165) is 17.8 Å². The van der Waals surface area contributed by atoms with Crippen molar-refractivity contribution in [2.24, 2.45) is 0 Å².